The monoisotopic (exact) mass is 268 g/mol. The summed E-state index contributed by atoms with van der Waals surface area (Å²) in [5.41, 5.74) is 8.79. The Bertz CT molecular complexity index is 667. The highest BCUT2D eigenvalue weighted by molar-refractivity contribution is 6.08. The smallest absolute Gasteiger partial charge is 0.258 e. The number of fused-ring (bicyclic) bond motifs is 1. The largest absolute Gasteiger partial charge is 0.490 e. The summed E-state index contributed by atoms with van der Waals surface area (Å²) in [6, 6.07) is 13.0. The predicted octanol–water partition coefficient (Wildman–Crippen LogP) is 2.62. The molecule has 0 aliphatic carbocycles. The average molecular weight is 268 g/mol. The van der Waals surface area contributed by atoms with E-state index in [0.717, 1.165) is 17.0 Å². The summed E-state index contributed by atoms with van der Waals surface area (Å²) < 4.78 is 5.58. The van der Waals surface area contributed by atoms with Gasteiger partial charge in [-0.05, 0) is 42.8 Å². The highest BCUT2D eigenvalue weighted by Crippen LogP contribution is 2.32. The Morgan fingerprint density at radius 2 is 2.05 bits per heavy atom. The van der Waals surface area contributed by atoms with Gasteiger partial charge in [0.15, 0.2) is 0 Å². The fraction of sp³-hybridized carbons (Fsp3) is 0.188. The van der Waals surface area contributed by atoms with Crippen LogP contribution in [0.1, 0.15) is 15.9 Å². The molecule has 102 valence electrons. The number of nitrogens with zero attached hydrogens (tertiary/aromatic N) is 1. The molecule has 1 aliphatic heterocycles. The zero-order chi connectivity index (χ0) is 14.1. The van der Waals surface area contributed by atoms with Gasteiger partial charge < -0.3 is 15.4 Å². The van der Waals surface area contributed by atoms with Gasteiger partial charge in [0.2, 0.25) is 0 Å². The molecule has 2 N–H and O–H groups in total. The van der Waals surface area contributed by atoms with Crippen molar-refractivity contribution in [3.63, 3.8) is 0 Å². The number of ether oxygens (including phenoxy) is 1. The van der Waals surface area contributed by atoms with Crippen molar-refractivity contribution in [1.82, 2.24) is 0 Å². The Balaban J connectivity index is 2.00. The maximum absolute atomic E-state index is 12.7. The van der Waals surface area contributed by atoms with Crippen LogP contribution in [-0.4, -0.2) is 19.1 Å². The lowest BCUT2D eigenvalue weighted by Gasteiger charge is -2.29. The molecule has 0 aromatic heterocycles. The molecule has 2 aromatic rings. The van der Waals surface area contributed by atoms with Crippen LogP contribution in [0.2, 0.25) is 0 Å². The molecule has 0 fully saturated rings. The lowest BCUT2D eigenvalue weighted by Crippen LogP contribution is -2.38. The van der Waals surface area contributed by atoms with Crippen LogP contribution in [0.5, 0.6) is 5.75 Å². The minimum absolute atomic E-state index is 0.0155. The summed E-state index contributed by atoms with van der Waals surface area (Å²) >= 11 is 0. The Hall–Kier alpha value is -2.49. The number of para-hydroxylation sites is 2. The molecule has 1 heterocycles. The van der Waals surface area contributed by atoms with E-state index in [9.17, 15) is 4.79 Å². The predicted molar refractivity (Wildman–Crippen MR) is 79.2 cm³/mol. The van der Waals surface area contributed by atoms with Crippen LogP contribution >= 0.6 is 0 Å². The molecule has 0 unspecified atom stereocenters. The average Bonchev–Trinajstić information content (AvgIpc) is 2.46. The molecule has 3 rings (SSSR count). The standard InChI is InChI=1S/C16H16N2O2/c1-11-10-12(17)6-7-13(11)16(19)18-8-9-20-15-5-3-2-4-14(15)18/h2-7,10H,8-9,17H2,1H3. The van der Waals surface area contributed by atoms with E-state index >= 15 is 0 Å². The highest BCUT2D eigenvalue weighted by Gasteiger charge is 2.25. The third-order valence-electron chi connectivity index (χ3n) is 3.45. The first kappa shape index (κ1) is 12.5. The van der Waals surface area contributed by atoms with E-state index in [1.165, 1.54) is 0 Å². The quantitative estimate of drug-likeness (QED) is 0.809. The van der Waals surface area contributed by atoms with Crippen LogP contribution in [0, 0.1) is 6.92 Å². The summed E-state index contributed by atoms with van der Waals surface area (Å²) in [7, 11) is 0. The molecule has 0 bridgehead atoms. The van der Waals surface area contributed by atoms with E-state index in [1.807, 2.05) is 37.3 Å². The van der Waals surface area contributed by atoms with Gasteiger partial charge in [0, 0.05) is 11.3 Å². The fourth-order valence-corrected chi connectivity index (χ4v) is 2.45. The normalized spacial score (nSPS) is 13.6. The van der Waals surface area contributed by atoms with Gasteiger partial charge in [-0.1, -0.05) is 12.1 Å². The third kappa shape index (κ3) is 2.09. The van der Waals surface area contributed by atoms with Gasteiger partial charge in [-0.3, -0.25) is 4.79 Å². The summed E-state index contributed by atoms with van der Waals surface area (Å²) in [6.07, 6.45) is 0. The van der Waals surface area contributed by atoms with Gasteiger partial charge in [0.1, 0.15) is 12.4 Å². The number of nitrogen functional groups attached to an aromatic ring is 1. The minimum atomic E-state index is -0.0155. The first-order valence-corrected chi connectivity index (χ1v) is 6.56. The molecule has 0 spiro atoms. The number of rotatable bonds is 1. The molecule has 4 nitrogen and oxygen atoms in total. The maximum atomic E-state index is 12.7. The molecule has 0 saturated carbocycles. The van der Waals surface area contributed by atoms with Crippen molar-refractivity contribution in [3.8, 4) is 5.75 Å². The van der Waals surface area contributed by atoms with Crippen LogP contribution in [0.3, 0.4) is 0 Å². The molecule has 0 radical (unpaired) electrons. The second kappa shape index (κ2) is 4.89. The summed E-state index contributed by atoms with van der Waals surface area (Å²) in [5, 5.41) is 0. The van der Waals surface area contributed by atoms with Crippen molar-refractivity contribution < 1.29 is 9.53 Å². The van der Waals surface area contributed by atoms with Crippen LogP contribution in [0.15, 0.2) is 42.5 Å². The number of anilines is 2. The van der Waals surface area contributed by atoms with E-state index in [1.54, 1.807) is 17.0 Å². The first-order valence-electron chi connectivity index (χ1n) is 6.56. The molecule has 0 atom stereocenters. The number of carbonyl (C=O) groups excluding carboxylic acids is 1. The topological polar surface area (TPSA) is 55.6 Å². The molecule has 0 saturated heterocycles. The highest BCUT2D eigenvalue weighted by atomic mass is 16.5. The van der Waals surface area contributed by atoms with Crippen molar-refractivity contribution in [2.45, 2.75) is 6.92 Å². The lowest BCUT2D eigenvalue weighted by molar-refractivity contribution is 0.0976. The van der Waals surface area contributed by atoms with Gasteiger partial charge in [0.05, 0.1) is 12.2 Å². The number of hydrogen-bond donors (Lipinski definition) is 1. The van der Waals surface area contributed by atoms with Gasteiger partial charge in [-0.2, -0.15) is 0 Å². The van der Waals surface area contributed by atoms with Crippen molar-refractivity contribution in [2.24, 2.45) is 0 Å². The van der Waals surface area contributed by atoms with E-state index < -0.39 is 0 Å². The number of hydrogen-bond acceptors (Lipinski definition) is 3. The SMILES string of the molecule is Cc1cc(N)ccc1C(=O)N1CCOc2ccccc21. The molecule has 4 heteroatoms. The molecule has 2 aromatic carbocycles. The molecular weight excluding hydrogens is 252 g/mol. The van der Waals surface area contributed by atoms with Crippen LogP contribution < -0.4 is 15.4 Å². The Morgan fingerprint density at radius 1 is 1.25 bits per heavy atom. The van der Waals surface area contributed by atoms with Gasteiger partial charge in [0.25, 0.3) is 5.91 Å². The number of aryl methyl sites for hydroxylation is 1. The number of amides is 1. The lowest BCUT2D eigenvalue weighted by atomic mass is 10.1. The number of carbonyl (C=O) groups is 1. The summed E-state index contributed by atoms with van der Waals surface area (Å²) in [6.45, 7) is 2.96. The van der Waals surface area contributed by atoms with Crippen LogP contribution in [-0.2, 0) is 0 Å². The molecule has 20 heavy (non-hydrogen) atoms. The van der Waals surface area contributed by atoms with Gasteiger partial charge in [-0.15, -0.1) is 0 Å². The van der Waals surface area contributed by atoms with Gasteiger partial charge >= 0.3 is 0 Å². The number of nitrogens with two attached hydrogens (primary N) is 1. The zero-order valence-corrected chi connectivity index (χ0v) is 11.3. The second-order valence-electron chi connectivity index (χ2n) is 4.85. The summed E-state index contributed by atoms with van der Waals surface area (Å²) in [4.78, 5) is 14.5. The van der Waals surface area contributed by atoms with Crippen molar-refractivity contribution in [1.29, 1.82) is 0 Å². The van der Waals surface area contributed by atoms with E-state index in [0.29, 0.717) is 24.4 Å². The molecule has 1 aliphatic rings. The maximum Gasteiger partial charge on any atom is 0.258 e. The van der Waals surface area contributed by atoms with Crippen molar-refractivity contribution in [3.05, 3.63) is 53.6 Å². The third-order valence-corrected chi connectivity index (χ3v) is 3.45. The fourth-order valence-electron chi connectivity index (χ4n) is 2.45. The van der Waals surface area contributed by atoms with Crippen LogP contribution in [0.25, 0.3) is 0 Å². The summed E-state index contributed by atoms with van der Waals surface area (Å²) in [5.74, 6) is 0.735. The van der Waals surface area contributed by atoms with E-state index in [4.69, 9.17) is 10.5 Å². The Kier molecular flexibility index (Phi) is 3.06. The van der Waals surface area contributed by atoms with Crippen LogP contribution in [0.4, 0.5) is 11.4 Å². The first-order chi connectivity index (χ1) is 9.66. The second-order valence-corrected chi connectivity index (χ2v) is 4.85. The number of benzene rings is 2. The van der Waals surface area contributed by atoms with E-state index in [2.05, 4.69) is 0 Å². The Morgan fingerprint density at radius 3 is 2.85 bits per heavy atom. The van der Waals surface area contributed by atoms with Crippen molar-refractivity contribution >= 4 is 17.3 Å². The Labute approximate surface area is 117 Å². The molecule has 1 amide bonds. The van der Waals surface area contributed by atoms with Gasteiger partial charge in [-0.25, -0.2) is 0 Å². The van der Waals surface area contributed by atoms with Crippen molar-refractivity contribution in [2.75, 3.05) is 23.8 Å². The zero-order valence-electron chi connectivity index (χ0n) is 11.3. The molecular formula is C16H16N2O2. The minimum Gasteiger partial charge on any atom is -0.490 e. The van der Waals surface area contributed by atoms with E-state index in [-0.39, 0.29) is 5.91 Å².